The van der Waals surface area contributed by atoms with E-state index in [1.165, 1.54) is 0 Å². The SMILES string of the molecule is Cc1c(Cl)cccc1-n1c(C)nc2ncccc2c1=O. The second-order valence-corrected chi connectivity index (χ2v) is 4.97. The van der Waals surface area contributed by atoms with Gasteiger partial charge >= 0.3 is 0 Å². The summed E-state index contributed by atoms with van der Waals surface area (Å²) in [6, 6.07) is 8.95. The van der Waals surface area contributed by atoms with Gasteiger partial charge in [0.05, 0.1) is 11.1 Å². The molecular weight excluding hydrogens is 274 g/mol. The highest BCUT2D eigenvalue weighted by molar-refractivity contribution is 6.31. The Hall–Kier alpha value is -2.20. The second kappa shape index (κ2) is 4.72. The molecule has 100 valence electrons. The molecule has 1 aromatic carbocycles. The summed E-state index contributed by atoms with van der Waals surface area (Å²) in [5.74, 6) is 0.589. The summed E-state index contributed by atoms with van der Waals surface area (Å²) in [6.45, 7) is 3.67. The third kappa shape index (κ3) is 1.89. The highest BCUT2D eigenvalue weighted by atomic mass is 35.5. The van der Waals surface area contributed by atoms with Gasteiger partial charge in [0.2, 0.25) is 0 Å². The van der Waals surface area contributed by atoms with Gasteiger partial charge < -0.3 is 0 Å². The number of nitrogens with zero attached hydrogens (tertiary/aromatic N) is 3. The molecule has 2 heterocycles. The Morgan fingerprint density at radius 1 is 1.15 bits per heavy atom. The Kier molecular flexibility index (Phi) is 3.03. The largest absolute Gasteiger partial charge is 0.268 e. The van der Waals surface area contributed by atoms with Gasteiger partial charge in [0, 0.05) is 11.2 Å². The fraction of sp³-hybridized carbons (Fsp3) is 0.133. The van der Waals surface area contributed by atoms with Crippen molar-refractivity contribution >= 4 is 22.6 Å². The molecule has 0 fully saturated rings. The average molecular weight is 286 g/mol. The van der Waals surface area contributed by atoms with E-state index in [2.05, 4.69) is 9.97 Å². The van der Waals surface area contributed by atoms with Crippen LogP contribution in [0.2, 0.25) is 5.02 Å². The van der Waals surface area contributed by atoms with Crippen LogP contribution in [0.5, 0.6) is 0 Å². The molecule has 0 N–H and O–H groups in total. The van der Waals surface area contributed by atoms with Crippen molar-refractivity contribution in [3.8, 4) is 5.69 Å². The third-order valence-electron chi connectivity index (χ3n) is 3.29. The van der Waals surface area contributed by atoms with Crippen molar-refractivity contribution in [3.05, 3.63) is 63.3 Å². The molecule has 0 unspecified atom stereocenters. The lowest BCUT2D eigenvalue weighted by atomic mass is 10.2. The van der Waals surface area contributed by atoms with Crippen LogP contribution in [0.1, 0.15) is 11.4 Å². The fourth-order valence-corrected chi connectivity index (χ4v) is 2.42. The van der Waals surface area contributed by atoms with Crippen molar-refractivity contribution in [2.24, 2.45) is 0 Å². The Bertz CT molecular complexity index is 871. The summed E-state index contributed by atoms with van der Waals surface area (Å²) in [5, 5.41) is 1.12. The van der Waals surface area contributed by atoms with Gasteiger partial charge in [-0.15, -0.1) is 0 Å². The van der Waals surface area contributed by atoms with Gasteiger partial charge in [-0.1, -0.05) is 17.7 Å². The molecule has 0 aliphatic carbocycles. The number of halogens is 1. The Balaban J connectivity index is 2.43. The number of fused-ring (bicyclic) bond motifs is 1. The van der Waals surface area contributed by atoms with Gasteiger partial charge in [0.1, 0.15) is 5.82 Å². The number of benzene rings is 1. The first-order chi connectivity index (χ1) is 9.59. The van der Waals surface area contributed by atoms with Crippen molar-refractivity contribution in [3.63, 3.8) is 0 Å². The minimum atomic E-state index is -0.133. The predicted octanol–water partition coefficient (Wildman–Crippen LogP) is 3.05. The zero-order valence-corrected chi connectivity index (χ0v) is 11.8. The monoisotopic (exact) mass is 285 g/mol. The number of aryl methyl sites for hydroxylation is 1. The molecule has 3 aromatic rings. The standard InChI is InChI=1S/C15H12ClN3O/c1-9-12(16)6-3-7-13(9)19-10(2)18-14-11(15(19)20)5-4-8-17-14/h3-8H,1-2H3. The second-order valence-electron chi connectivity index (χ2n) is 4.56. The summed E-state index contributed by atoms with van der Waals surface area (Å²) < 4.78 is 1.57. The highest BCUT2D eigenvalue weighted by Crippen LogP contribution is 2.22. The van der Waals surface area contributed by atoms with Crippen LogP contribution in [0.3, 0.4) is 0 Å². The van der Waals surface area contributed by atoms with Crippen LogP contribution in [-0.2, 0) is 0 Å². The first kappa shape index (κ1) is 12.8. The van der Waals surface area contributed by atoms with Crippen molar-refractivity contribution in [2.75, 3.05) is 0 Å². The van der Waals surface area contributed by atoms with Crippen LogP contribution in [-0.4, -0.2) is 14.5 Å². The molecule has 20 heavy (non-hydrogen) atoms. The molecule has 0 aliphatic rings. The summed E-state index contributed by atoms with van der Waals surface area (Å²) >= 11 is 6.14. The number of rotatable bonds is 1. The molecule has 0 radical (unpaired) electrons. The van der Waals surface area contributed by atoms with E-state index in [0.717, 1.165) is 11.3 Å². The van der Waals surface area contributed by atoms with E-state index in [1.807, 2.05) is 19.1 Å². The van der Waals surface area contributed by atoms with Crippen molar-refractivity contribution in [2.45, 2.75) is 13.8 Å². The van der Waals surface area contributed by atoms with E-state index in [1.54, 1.807) is 35.9 Å². The molecule has 0 aliphatic heterocycles. The van der Waals surface area contributed by atoms with Gasteiger partial charge in [-0.25, -0.2) is 9.97 Å². The average Bonchev–Trinajstić information content (AvgIpc) is 2.43. The zero-order chi connectivity index (χ0) is 14.3. The van der Waals surface area contributed by atoms with E-state index < -0.39 is 0 Å². The van der Waals surface area contributed by atoms with Crippen LogP contribution < -0.4 is 5.56 Å². The van der Waals surface area contributed by atoms with E-state index >= 15 is 0 Å². The molecule has 3 rings (SSSR count). The number of pyridine rings is 1. The Morgan fingerprint density at radius 3 is 2.75 bits per heavy atom. The van der Waals surface area contributed by atoms with Gasteiger partial charge in [0.15, 0.2) is 5.65 Å². The quantitative estimate of drug-likeness (QED) is 0.690. The zero-order valence-electron chi connectivity index (χ0n) is 11.1. The number of hydrogen-bond acceptors (Lipinski definition) is 3. The number of aromatic nitrogens is 3. The molecule has 0 spiro atoms. The van der Waals surface area contributed by atoms with E-state index in [-0.39, 0.29) is 5.56 Å². The molecule has 5 heteroatoms. The molecule has 0 bridgehead atoms. The first-order valence-corrected chi connectivity index (χ1v) is 6.57. The summed E-state index contributed by atoms with van der Waals surface area (Å²) in [6.07, 6.45) is 1.63. The predicted molar refractivity (Wildman–Crippen MR) is 79.6 cm³/mol. The minimum Gasteiger partial charge on any atom is -0.268 e. The van der Waals surface area contributed by atoms with Gasteiger partial charge in [-0.3, -0.25) is 9.36 Å². The van der Waals surface area contributed by atoms with Crippen molar-refractivity contribution in [1.82, 2.24) is 14.5 Å². The third-order valence-corrected chi connectivity index (χ3v) is 3.70. The van der Waals surface area contributed by atoms with E-state index in [0.29, 0.717) is 21.9 Å². The van der Waals surface area contributed by atoms with Crippen LogP contribution in [0.25, 0.3) is 16.7 Å². The smallest absolute Gasteiger partial charge is 0.267 e. The van der Waals surface area contributed by atoms with E-state index in [4.69, 9.17) is 11.6 Å². The van der Waals surface area contributed by atoms with Crippen LogP contribution in [0.4, 0.5) is 0 Å². The maximum Gasteiger partial charge on any atom is 0.267 e. The van der Waals surface area contributed by atoms with Crippen molar-refractivity contribution < 1.29 is 0 Å². The molecular formula is C15H12ClN3O. The fourth-order valence-electron chi connectivity index (χ4n) is 2.25. The summed E-state index contributed by atoms with van der Waals surface area (Å²) in [7, 11) is 0. The van der Waals surface area contributed by atoms with Crippen LogP contribution in [0.15, 0.2) is 41.3 Å². The normalized spacial score (nSPS) is 10.9. The maximum atomic E-state index is 12.7. The lowest BCUT2D eigenvalue weighted by molar-refractivity contribution is 0.882. The van der Waals surface area contributed by atoms with E-state index in [9.17, 15) is 4.79 Å². The molecule has 4 nitrogen and oxygen atoms in total. The molecule has 0 saturated heterocycles. The van der Waals surface area contributed by atoms with Gasteiger partial charge in [-0.2, -0.15) is 0 Å². The Morgan fingerprint density at radius 2 is 1.95 bits per heavy atom. The van der Waals surface area contributed by atoms with Gasteiger partial charge in [-0.05, 0) is 43.7 Å². The van der Waals surface area contributed by atoms with Crippen LogP contribution in [0, 0.1) is 13.8 Å². The molecule has 0 atom stereocenters. The molecule has 2 aromatic heterocycles. The maximum absolute atomic E-state index is 12.7. The summed E-state index contributed by atoms with van der Waals surface area (Å²) in [5.41, 5.74) is 1.93. The molecule has 0 amide bonds. The Labute approximate surface area is 120 Å². The van der Waals surface area contributed by atoms with Crippen molar-refractivity contribution in [1.29, 1.82) is 0 Å². The summed E-state index contributed by atoms with van der Waals surface area (Å²) in [4.78, 5) is 21.2. The van der Waals surface area contributed by atoms with Crippen LogP contribution >= 0.6 is 11.6 Å². The lowest BCUT2D eigenvalue weighted by Crippen LogP contribution is -2.23. The molecule has 0 saturated carbocycles. The minimum absolute atomic E-state index is 0.133. The number of hydrogen-bond donors (Lipinski definition) is 0. The van der Waals surface area contributed by atoms with Gasteiger partial charge in [0.25, 0.3) is 5.56 Å². The highest BCUT2D eigenvalue weighted by Gasteiger charge is 2.12. The lowest BCUT2D eigenvalue weighted by Gasteiger charge is -2.13. The first-order valence-electron chi connectivity index (χ1n) is 6.19. The topological polar surface area (TPSA) is 47.8 Å².